The van der Waals surface area contributed by atoms with Gasteiger partial charge in [0.25, 0.3) is 0 Å². The first-order valence-corrected chi connectivity index (χ1v) is 4.68. The van der Waals surface area contributed by atoms with Crippen LogP contribution in [0.25, 0.3) is 0 Å². The minimum absolute atomic E-state index is 0.337. The predicted molar refractivity (Wildman–Crippen MR) is 50.4 cm³/mol. The van der Waals surface area contributed by atoms with Crippen LogP contribution in [0.2, 0.25) is 0 Å². The van der Waals surface area contributed by atoms with Gasteiger partial charge >= 0.3 is 0 Å². The zero-order valence-electron chi connectivity index (χ0n) is 7.84. The van der Waals surface area contributed by atoms with Gasteiger partial charge in [-0.05, 0) is 26.2 Å². The van der Waals surface area contributed by atoms with Crippen LogP contribution in [0.1, 0.15) is 46.0 Å². The summed E-state index contributed by atoms with van der Waals surface area (Å²) in [4.78, 5) is 0. The van der Waals surface area contributed by atoms with Crippen molar-refractivity contribution in [2.24, 2.45) is 11.5 Å². The molecule has 2 nitrogen and oxygen atoms in total. The van der Waals surface area contributed by atoms with Gasteiger partial charge in [0.1, 0.15) is 0 Å². The third-order valence-electron chi connectivity index (χ3n) is 1.89. The Balaban J connectivity index is 3.10. The predicted octanol–water partition coefficient (Wildman–Crippen LogP) is 1.63. The second kappa shape index (κ2) is 6.62. The summed E-state index contributed by atoms with van der Waals surface area (Å²) >= 11 is 0. The van der Waals surface area contributed by atoms with Crippen molar-refractivity contribution >= 4 is 0 Å². The normalized spacial score (nSPS) is 16.4. The highest BCUT2D eigenvalue weighted by Crippen LogP contribution is 2.05. The summed E-state index contributed by atoms with van der Waals surface area (Å²) < 4.78 is 0. The summed E-state index contributed by atoms with van der Waals surface area (Å²) in [7, 11) is 0. The highest BCUT2D eigenvalue weighted by molar-refractivity contribution is 4.62. The number of hydrogen-bond donors (Lipinski definition) is 2. The van der Waals surface area contributed by atoms with Crippen LogP contribution >= 0.6 is 0 Å². The maximum Gasteiger partial charge on any atom is 0.00387 e. The number of hydrogen-bond acceptors (Lipinski definition) is 2. The van der Waals surface area contributed by atoms with E-state index in [1.54, 1.807) is 0 Å². The average molecular weight is 158 g/mol. The van der Waals surface area contributed by atoms with Crippen LogP contribution in [0.3, 0.4) is 0 Å². The van der Waals surface area contributed by atoms with Crippen LogP contribution in [0.4, 0.5) is 0 Å². The van der Waals surface area contributed by atoms with Gasteiger partial charge in [-0.15, -0.1) is 0 Å². The van der Waals surface area contributed by atoms with Crippen LogP contribution < -0.4 is 11.5 Å². The number of rotatable bonds is 6. The lowest BCUT2D eigenvalue weighted by molar-refractivity contribution is 0.506. The van der Waals surface area contributed by atoms with Crippen molar-refractivity contribution in [3.8, 4) is 0 Å². The summed E-state index contributed by atoms with van der Waals surface area (Å²) in [6.45, 7) is 4.22. The summed E-state index contributed by atoms with van der Waals surface area (Å²) in [5, 5.41) is 0. The van der Waals surface area contributed by atoms with E-state index in [2.05, 4.69) is 6.92 Å². The Labute approximate surface area is 70.3 Å². The fourth-order valence-corrected chi connectivity index (χ4v) is 1.22. The van der Waals surface area contributed by atoms with E-state index in [1.165, 1.54) is 12.8 Å². The van der Waals surface area contributed by atoms with Crippen molar-refractivity contribution in [3.05, 3.63) is 0 Å². The molecule has 0 spiro atoms. The Bertz CT molecular complexity index is 81.6. The first-order valence-electron chi connectivity index (χ1n) is 4.68. The van der Waals surface area contributed by atoms with E-state index in [9.17, 15) is 0 Å². The highest BCUT2D eigenvalue weighted by Gasteiger charge is 2.01. The SMILES string of the molecule is CCCC(N)CCCC(C)N. The minimum atomic E-state index is 0.337. The van der Waals surface area contributed by atoms with Crippen molar-refractivity contribution in [2.75, 3.05) is 0 Å². The monoisotopic (exact) mass is 158 g/mol. The molecular formula is C9H22N2. The molecule has 0 radical (unpaired) electrons. The Morgan fingerprint density at radius 1 is 1.09 bits per heavy atom. The molecule has 0 aliphatic heterocycles. The Morgan fingerprint density at radius 3 is 2.18 bits per heavy atom. The van der Waals surface area contributed by atoms with Crippen molar-refractivity contribution in [2.45, 2.75) is 58.0 Å². The molecule has 0 bridgehead atoms. The van der Waals surface area contributed by atoms with E-state index in [0.717, 1.165) is 19.3 Å². The zero-order chi connectivity index (χ0) is 8.69. The Morgan fingerprint density at radius 2 is 1.73 bits per heavy atom. The summed E-state index contributed by atoms with van der Waals surface area (Å²) in [6.07, 6.45) is 5.77. The van der Waals surface area contributed by atoms with Gasteiger partial charge in [-0.2, -0.15) is 0 Å². The van der Waals surface area contributed by atoms with Crippen molar-refractivity contribution in [3.63, 3.8) is 0 Å². The summed E-state index contributed by atoms with van der Waals surface area (Å²) in [5.74, 6) is 0. The third-order valence-corrected chi connectivity index (χ3v) is 1.89. The molecule has 0 heterocycles. The molecule has 11 heavy (non-hydrogen) atoms. The molecule has 2 atom stereocenters. The van der Waals surface area contributed by atoms with E-state index in [-0.39, 0.29) is 0 Å². The Hall–Kier alpha value is -0.0800. The molecule has 0 aromatic carbocycles. The maximum atomic E-state index is 5.83. The molecule has 0 saturated carbocycles. The first-order chi connectivity index (χ1) is 5.16. The van der Waals surface area contributed by atoms with Gasteiger partial charge in [-0.1, -0.05) is 19.8 Å². The van der Waals surface area contributed by atoms with Gasteiger partial charge < -0.3 is 11.5 Å². The molecule has 0 aromatic rings. The molecule has 0 aliphatic rings. The molecular weight excluding hydrogens is 136 g/mol. The van der Waals surface area contributed by atoms with Crippen LogP contribution in [0.5, 0.6) is 0 Å². The molecule has 0 aliphatic carbocycles. The maximum absolute atomic E-state index is 5.83. The fraction of sp³-hybridized carbons (Fsp3) is 1.00. The fourth-order valence-electron chi connectivity index (χ4n) is 1.22. The van der Waals surface area contributed by atoms with E-state index in [0.29, 0.717) is 12.1 Å². The summed E-state index contributed by atoms with van der Waals surface area (Å²) in [5.41, 5.74) is 11.4. The minimum Gasteiger partial charge on any atom is -0.328 e. The lowest BCUT2D eigenvalue weighted by atomic mass is 10.0. The van der Waals surface area contributed by atoms with Crippen LogP contribution in [0, 0.1) is 0 Å². The molecule has 0 saturated heterocycles. The highest BCUT2D eigenvalue weighted by atomic mass is 14.6. The van der Waals surface area contributed by atoms with Crippen LogP contribution in [0.15, 0.2) is 0 Å². The van der Waals surface area contributed by atoms with E-state index in [1.807, 2.05) is 6.92 Å². The molecule has 0 fully saturated rings. The zero-order valence-corrected chi connectivity index (χ0v) is 7.84. The first kappa shape index (κ1) is 10.9. The smallest absolute Gasteiger partial charge is 0.00387 e. The van der Waals surface area contributed by atoms with Gasteiger partial charge in [0.15, 0.2) is 0 Å². The quantitative estimate of drug-likeness (QED) is 0.617. The molecule has 4 N–H and O–H groups in total. The van der Waals surface area contributed by atoms with Crippen LogP contribution in [-0.4, -0.2) is 12.1 Å². The molecule has 2 unspecified atom stereocenters. The lowest BCUT2D eigenvalue weighted by Crippen LogP contribution is -2.21. The second-order valence-electron chi connectivity index (χ2n) is 3.46. The molecule has 68 valence electrons. The van der Waals surface area contributed by atoms with Gasteiger partial charge in [0, 0.05) is 12.1 Å². The average Bonchev–Trinajstić information content (AvgIpc) is 1.87. The van der Waals surface area contributed by atoms with Gasteiger partial charge in [0.05, 0.1) is 0 Å². The number of nitrogens with two attached hydrogens (primary N) is 2. The molecule has 0 rings (SSSR count). The van der Waals surface area contributed by atoms with E-state index >= 15 is 0 Å². The van der Waals surface area contributed by atoms with Crippen molar-refractivity contribution < 1.29 is 0 Å². The summed E-state index contributed by atoms with van der Waals surface area (Å²) in [6, 6.07) is 0.738. The molecule has 2 heteroatoms. The third kappa shape index (κ3) is 7.82. The van der Waals surface area contributed by atoms with Crippen LogP contribution in [-0.2, 0) is 0 Å². The van der Waals surface area contributed by atoms with Gasteiger partial charge in [0.2, 0.25) is 0 Å². The Kier molecular flexibility index (Phi) is 6.57. The van der Waals surface area contributed by atoms with E-state index in [4.69, 9.17) is 11.5 Å². The van der Waals surface area contributed by atoms with Crippen molar-refractivity contribution in [1.29, 1.82) is 0 Å². The largest absolute Gasteiger partial charge is 0.328 e. The standard InChI is InChI=1S/C9H22N2/c1-3-5-9(11)7-4-6-8(2)10/h8-9H,3-7,10-11H2,1-2H3. The van der Waals surface area contributed by atoms with E-state index < -0.39 is 0 Å². The molecule has 0 aromatic heterocycles. The second-order valence-corrected chi connectivity index (χ2v) is 3.46. The van der Waals surface area contributed by atoms with Gasteiger partial charge in [-0.25, -0.2) is 0 Å². The topological polar surface area (TPSA) is 52.0 Å². The lowest BCUT2D eigenvalue weighted by Gasteiger charge is -2.10. The van der Waals surface area contributed by atoms with Crippen molar-refractivity contribution in [1.82, 2.24) is 0 Å². The molecule has 0 amide bonds. The van der Waals surface area contributed by atoms with Gasteiger partial charge in [-0.3, -0.25) is 0 Å².